The zero-order valence-corrected chi connectivity index (χ0v) is 39.1. The fourth-order valence-corrected chi connectivity index (χ4v) is 7.50. The highest BCUT2D eigenvalue weighted by molar-refractivity contribution is 5.97. The van der Waals surface area contributed by atoms with Gasteiger partial charge in [0, 0.05) is 57.4 Å². The molecule has 0 spiro atoms. The number of guanidine groups is 2. The van der Waals surface area contributed by atoms with Crippen LogP contribution in [0.15, 0.2) is 71.2 Å². The number of aromatic nitrogens is 5. The molecule has 1 aliphatic rings. The first-order valence-electron chi connectivity index (χ1n) is 22.6. The van der Waals surface area contributed by atoms with E-state index in [1.54, 1.807) is 6.07 Å². The van der Waals surface area contributed by atoms with Crippen LogP contribution in [0.3, 0.4) is 0 Å². The van der Waals surface area contributed by atoms with Gasteiger partial charge >= 0.3 is 5.97 Å². The lowest BCUT2D eigenvalue weighted by atomic mass is 9.99. The number of aliphatic carboxylic acids is 1. The van der Waals surface area contributed by atoms with Gasteiger partial charge in [-0.25, -0.2) is 14.5 Å². The van der Waals surface area contributed by atoms with Gasteiger partial charge in [-0.1, -0.05) is 47.7 Å². The van der Waals surface area contributed by atoms with Gasteiger partial charge in [0.2, 0.25) is 41.4 Å². The number of fused-ring (bicyclic) bond motifs is 3. The minimum absolute atomic E-state index is 0.0393. The molecule has 27 nitrogen and oxygen atoms in total. The summed E-state index contributed by atoms with van der Waals surface area (Å²) in [5, 5.41) is 38.3. The lowest BCUT2D eigenvalue weighted by molar-refractivity contribution is -0.142. The first kappa shape index (κ1) is 53.3. The third-order valence-electron chi connectivity index (χ3n) is 11.1. The standard InChI is InChI=1S/C44H60N18O9/c1-23(53-37(65)30(54-24(2)63)9-5-13-50-43(45)46)36(64)59-35-21-62-20-29(60-61-62)18-34(42(70)71)58-40(68)33(17-28-19-49-22-52-28)57-39(67)32(16-25-11-12-26-7-3-4-8-27(26)15-25)56-38(66)31(55-41(35)69)10-6-14-51-44(47)48/h3-4,7-8,11-12,15,19-20,22-23,30-35H,5-6,9-10,13-14,16-18,21H2,1-2H3,(H,49,52)(H,53,65)(H,54,63)(H,55,69)(H,56,66)(H,57,67)(H,58,68)(H,59,64)(H,70,71)(H4,45,46,50)(H4,47,48,51)/t23-,30-,31-,32-,33-,34+,35-/m0/s1. The third-order valence-corrected chi connectivity index (χ3v) is 11.1. The molecule has 0 fully saturated rings. The molecule has 7 atom stereocenters. The number of carboxylic acid groups (broad SMARTS) is 1. The molecule has 17 N–H and O–H groups in total. The summed E-state index contributed by atoms with van der Waals surface area (Å²) in [6.07, 6.45) is 3.86. The van der Waals surface area contributed by atoms with Crippen molar-refractivity contribution in [1.29, 1.82) is 0 Å². The molecule has 2 aromatic carbocycles. The molecule has 0 unspecified atom stereocenters. The van der Waals surface area contributed by atoms with Crippen LogP contribution in [0.2, 0.25) is 0 Å². The van der Waals surface area contributed by atoms with E-state index in [0.717, 1.165) is 15.5 Å². The topological polar surface area (TPSA) is 429 Å². The summed E-state index contributed by atoms with van der Waals surface area (Å²) in [7, 11) is 0. The van der Waals surface area contributed by atoms with Crippen molar-refractivity contribution in [3.8, 4) is 0 Å². The molecule has 1 aliphatic heterocycles. The van der Waals surface area contributed by atoms with E-state index >= 15 is 0 Å². The van der Waals surface area contributed by atoms with E-state index in [2.05, 4.69) is 67.5 Å². The minimum Gasteiger partial charge on any atom is -0.480 e. The number of rotatable bonds is 18. The number of hydrogen-bond acceptors (Lipinski definition) is 13. The highest BCUT2D eigenvalue weighted by Crippen LogP contribution is 2.18. The van der Waals surface area contributed by atoms with Gasteiger partial charge in [-0.15, -0.1) is 5.10 Å². The van der Waals surface area contributed by atoms with Crippen LogP contribution in [0.25, 0.3) is 10.8 Å². The van der Waals surface area contributed by atoms with Crippen LogP contribution in [0.5, 0.6) is 0 Å². The predicted octanol–water partition coefficient (Wildman–Crippen LogP) is -4.18. The van der Waals surface area contributed by atoms with Gasteiger partial charge in [-0.3, -0.25) is 43.5 Å². The molecule has 0 saturated carbocycles. The normalized spacial score (nSPS) is 19.7. The van der Waals surface area contributed by atoms with Crippen molar-refractivity contribution in [3.05, 3.63) is 78.1 Å². The maximum atomic E-state index is 14.5. The van der Waals surface area contributed by atoms with E-state index < -0.39 is 103 Å². The second-order valence-corrected chi connectivity index (χ2v) is 16.8. The van der Waals surface area contributed by atoms with E-state index in [0.29, 0.717) is 17.7 Å². The van der Waals surface area contributed by atoms with Crippen LogP contribution in [-0.4, -0.2) is 145 Å². The Kier molecular flexibility index (Phi) is 19.3. The Balaban J connectivity index is 1.50. The molecule has 0 radical (unpaired) electrons. The second-order valence-electron chi connectivity index (χ2n) is 16.8. The number of imidazole rings is 1. The summed E-state index contributed by atoms with van der Waals surface area (Å²) in [5.74, 6) is -7.41. The number of nitrogens with two attached hydrogens (primary N) is 4. The Bertz CT molecular complexity index is 2590. The van der Waals surface area contributed by atoms with Gasteiger partial charge in [0.25, 0.3) is 0 Å². The van der Waals surface area contributed by atoms with Crippen molar-refractivity contribution < 1.29 is 43.5 Å². The number of aromatic amines is 1. The molecule has 380 valence electrons. The van der Waals surface area contributed by atoms with Crippen LogP contribution in [-0.2, 0) is 64.2 Å². The number of nitrogens with zero attached hydrogens (tertiary/aromatic N) is 6. The van der Waals surface area contributed by atoms with Crippen molar-refractivity contribution in [1.82, 2.24) is 62.2 Å². The zero-order valence-electron chi connectivity index (χ0n) is 39.1. The minimum atomic E-state index is -1.60. The summed E-state index contributed by atoms with van der Waals surface area (Å²) in [4.78, 5) is 124. The summed E-state index contributed by atoms with van der Waals surface area (Å²) < 4.78 is 1.14. The SMILES string of the molecule is CC(=O)N[C@@H](CCCN=C(N)N)C(=O)N[C@@H](C)C(=O)N[C@H]1Cn2cc(nn2)C[C@H](C(=O)O)NC(=O)[C@H](Cc2cnc[nH]2)NC(=O)[C@H](Cc2ccc3ccccc3c2)NC(=O)[C@H](CCCN=C(N)N)NC1=O. The van der Waals surface area contributed by atoms with E-state index in [9.17, 15) is 43.5 Å². The van der Waals surface area contributed by atoms with Crippen LogP contribution in [0.4, 0.5) is 0 Å². The molecular formula is C44H60N18O9. The molecule has 5 rings (SSSR count). The maximum Gasteiger partial charge on any atom is 0.326 e. The van der Waals surface area contributed by atoms with E-state index in [1.807, 2.05) is 36.4 Å². The van der Waals surface area contributed by atoms with Crippen LogP contribution < -0.4 is 60.2 Å². The monoisotopic (exact) mass is 984 g/mol. The quantitative estimate of drug-likeness (QED) is 0.0256. The van der Waals surface area contributed by atoms with E-state index in [-0.39, 0.29) is 62.8 Å². The molecule has 2 aromatic heterocycles. The molecule has 3 heterocycles. The smallest absolute Gasteiger partial charge is 0.326 e. The number of hydrogen-bond donors (Lipinski definition) is 13. The molecule has 7 amide bonds. The second kappa shape index (κ2) is 25.6. The average Bonchev–Trinajstić information content (AvgIpc) is 4.01. The number of amides is 7. The first-order chi connectivity index (χ1) is 33.8. The number of aliphatic imine (C=N–C) groups is 2. The van der Waals surface area contributed by atoms with Gasteiger partial charge in [0.1, 0.15) is 42.3 Å². The third kappa shape index (κ3) is 16.8. The molecule has 71 heavy (non-hydrogen) atoms. The predicted molar refractivity (Wildman–Crippen MR) is 256 cm³/mol. The summed E-state index contributed by atoms with van der Waals surface area (Å²) in [5.41, 5.74) is 23.0. The molecule has 0 saturated heterocycles. The number of carbonyl (C=O) groups is 8. The van der Waals surface area contributed by atoms with Crippen molar-refractivity contribution in [3.63, 3.8) is 0 Å². The lowest BCUT2D eigenvalue weighted by Crippen LogP contribution is -2.60. The number of nitrogens with one attached hydrogen (secondary N) is 8. The molecule has 27 heteroatoms. The Labute approximate surface area is 406 Å². The highest BCUT2D eigenvalue weighted by Gasteiger charge is 2.35. The van der Waals surface area contributed by atoms with Crippen LogP contribution in [0, 0.1) is 0 Å². The lowest BCUT2D eigenvalue weighted by Gasteiger charge is -2.27. The van der Waals surface area contributed by atoms with Gasteiger partial charge in [0.15, 0.2) is 11.9 Å². The summed E-state index contributed by atoms with van der Waals surface area (Å²) >= 11 is 0. The van der Waals surface area contributed by atoms with Crippen molar-refractivity contribution in [2.45, 2.75) is 108 Å². The van der Waals surface area contributed by atoms with E-state index in [1.165, 1.54) is 32.6 Å². The molecular weight excluding hydrogens is 925 g/mol. The Hall–Kier alpha value is -8.65. The Morgan fingerprint density at radius 2 is 1.46 bits per heavy atom. The van der Waals surface area contributed by atoms with Crippen LogP contribution >= 0.6 is 0 Å². The van der Waals surface area contributed by atoms with Gasteiger partial charge in [-0.05, 0) is 48.9 Å². The number of H-pyrrole nitrogens is 1. The van der Waals surface area contributed by atoms with Crippen LogP contribution in [0.1, 0.15) is 56.5 Å². The molecule has 0 aliphatic carbocycles. The zero-order chi connectivity index (χ0) is 51.6. The first-order valence-corrected chi connectivity index (χ1v) is 22.6. The van der Waals surface area contributed by atoms with Gasteiger partial charge in [0.05, 0.1) is 18.6 Å². The van der Waals surface area contributed by atoms with Gasteiger partial charge in [-0.2, -0.15) is 0 Å². The number of benzene rings is 2. The average molecular weight is 985 g/mol. The molecule has 4 aromatic rings. The fraction of sp³-hybridized carbons (Fsp3) is 0.432. The van der Waals surface area contributed by atoms with Crippen molar-refractivity contribution in [2.75, 3.05) is 13.1 Å². The summed E-state index contributed by atoms with van der Waals surface area (Å²) in [6, 6.07) is 3.19. The largest absolute Gasteiger partial charge is 0.480 e. The Morgan fingerprint density at radius 3 is 2.13 bits per heavy atom. The van der Waals surface area contributed by atoms with Crippen molar-refractivity contribution in [2.24, 2.45) is 32.9 Å². The van der Waals surface area contributed by atoms with Crippen molar-refractivity contribution >= 4 is 70.0 Å². The van der Waals surface area contributed by atoms with Gasteiger partial charge < -0.3 is 70.2 Å². The van der Waals surface area contributed by atoms with E-state index in [4.69, 9.17) is 22.9 Å². The molecule has 2 bridgehead atoms. The Morgan fingerprint density at radius 1 is 0.817 bits per heavy atom. The number of carboxylic acids is 1. The highest BCUT2D eigenvalue weighted by atomic mass is 16.4. The maximum absolute atomic E-state index is 14.5. The number of carbonyl (C=O) groups excluding carboxylic acids is 7. The summed E-state index contributed by atoms with van der Waals surface area (Å²) in [6.45, 7) is 2.30. The fourth-order valence-electron chi connectivity index (χ4n) is 7.50.